The first-order valence-electron chi connectivity index (χ1n) is 4.18. The van der Waals surface area contributed by atoms with Gasteiger partial charge in [0.05, 0.1) is 10.2 Å². The second-order valence-electron chi connectivity index (χ2n) is 3.45. The van der Waals surface area contributed by atoms with E-state index in [0.717, 1.165) is 18.8 Å². The Labute approximate surface area is 83.3 Å². The van der Waals surface area contributed by atoms with Crippen molar-refractivity contribution in [3.8, 4) is 0 Å². The maximum atomic E-state index is 11.2. The van der Waals surface area contributed by atoms with Gasteiger partial charge >= 0.3 is 0 Å². The van der Waals surface area contributed by atoms with Crippen LogP contribution in [-0.2, 0) is 0 Å². The summed E-state index contributed by atoms with van der Waals surface area (Å²) in [7, 11) is 5.93. The smallest absolute Gasteiger partial charge is 0.219 e. The Hall–Kier alpha value is -0.740. The molecule has 0 saturated heterocycles. The van der Waals surface area contributed by atoms with Gasteiger partial charge in [0.2, 0.25) is 5.43 Å². The van der Waals surface area contributed by atoms with E-state index in [-0.39, 0.29) is 5.43 Å². The van der Waals surface area contributed by atoms with E-state index in [4.69, 9.17) is 12.2 Å². The Morgan fingerprint density at radius 2 is 1.92 bits per heavy atom. The molecule has 13 heavy (non-hydrogen) atoms. The van der Waals surface area contributed by atoms with E-state index in [0.29, 0.717) is 4.51 Å². The van der Waals surface area contributed by atoms with Crippen molar-refractivity contribution < 1.29 is 0 Å². The van der Waals surface area contributed by atoms with Gasteiger partial charge in [-0.1, -0.05) is 12.2 Å². The van der Waals surface area contributed by atoms with Crippen LogP contribution in [0.25, 0.3) is 0 Å². The molecule has 1 rings (SSSR count). The van der Waals surface area contributed by atoms with Crippen molar-refractivity contribution in [1.82, 2.24) is 4.90 Å². The monoisotopic (exact) mass is 198 g/mol. The van der Waals surface area contributed by atoms with Gasteiger partial charge in [0.25, 0.3) is 0 Å². The molecule has 4 heteroatoms. The third-order valence-corrected chi connectivity index (χ3v) is 2.32. The minimum absolute atomic E-state index is 0.0104. The highest BCUT2D eigenvalue weighted by molar-refractivity contribution is 7.71. The first-order valence-corrected chi connectivity index (χ1v) is 4.59. The van der Waals surface area contributed by atoms with Crippen molar-refractivity contribution in [2.45, 2.75) is 0 Å². The standard InChI is InChI=1S/C9H14N2OS/c1-10(2)4-5-11(3)7-6-8(13)9(7)12/h6H,4-5H2,1-3H3. The highest BCUT2D eigenvalue weighted by Gasteiger charge is 2.10. The van der Waals surface area contributed by atoms with Crippen molar-refractivity contribution in [3.05, 3.63) is 20.8 Å². The molecule has 1 aromatic carbocycles. The predicted octanol–water partition coefficient (Wildman–Crippen LogP) is 0.650. The summed E-state index contributed by atoms with van der Waals surface area (Å²) in [6, 6.07) is 1.76. The number of nitrogens with zero attached hydrogens (tertiary/aromatic N) is 2. The van der Waals surface area contributed by atoms with E-state index in [9.17, 15) is 4.79 Å². The van der Waals surface area contributed by atoms with E-state index in [1.54, 1.807) is 6.07 Å². The second kappa shape index (κ2) is 3.98. The summed E-state index contributed by atoms with van der Waals surface area (Å²) in [5.41, 5.74) is 0.753. The fraction of sp³-hybridized carbons (Fsp3) is 0.556. The third-order valence-electron chi connectivity index (χ3n) is 2.02. The maximum Gasteiger partial charge on any atom is 0.219 e. The minimum atomic E-state index is 0.0104. The van der Waals surface area contributed by atoms with Gasteiger partial charge in [-0.15, -0.1) is 0 Å². The van der Waals surface area contributed by atoms with Crippen LogP contribution in [0, 0.1) is 4.51 Å². The zero-order valence-corrected chi connectivity index (χ0v) is 9.02. The van der Waals surface area contributed by atoms with Crippen LogP contribution in [0.4, 0.5) is 5.69 Å². The molecular formula is C9H14N2OS. The first kappa shape index (κ1) is 10.3. The summed E-state index contributed by atoms with van der Waals surface area (Å²) in [6.45, 7) is 1.79. The summed E-state index contributed by atoms with van der Waals surface area (Å²) in [6.07, 6.45) is 0. The summed E-state index contributed by atoms with van der Waals surface area (Å²) in [5.74, 6) is 0. The van der Waals surface area contributed by atoms with Crippen LogP contribution in [0.1, 0.15) is 0 Å². The van der Waals surface area contributed by atoms with E-state index in [1.165, 1.54) is 0 Å². The lowest BCUT2D eigenvalue weighted by atomic mass is 10.2. The fourth-order valence-corrected chi connectivity index (χ4v) is 1.27. The second-order valence-corrected chi connectivity index (χ2v) is 3.89. The quantitative estimate of drug-likeness (QED) is 0.663. The van der Waals surface area contributed by atoms with Crippen LogP contribution in [0.2, 0.25) is 0 Å². The van der Waals surface area contributed by atoms with Crippen LogP contribution >= 0.6 is 12.2 Å². The zero-order chi connectivity index (χ0) is 10.0. The minimum Gasteiger partial charge on any atom is -0.370 e. The molecule has 72 valence electrons. The van der Waals surface area contributed by atoms with Crippen LogP contribution < -0.4 is 10.3 Å². The molecule has 0 spiro atoms. The Morgan fingerprint density at radius 3 is 2.31 bits per heavy atom. The molecule has 0 amide bonds. The third kappa shape index (κ3) is 2.35. The lowest BCUT2D eigenvalue weighted by Crippen LogP contribution is -2.32. The molecule has 0 atom stereocenters. The summed E-state index contributed by atoms with van der Waals surface area (Å²) < 4.78 is 0.451. The van der Waals surface area contributed by atoms with Gasteiger partial charge in [-0.3, -0.25) is 4.79 Å². The lowest BCUT2D eigenvalue weighted by Gasteiger charge is -2.21. The molecule has 0 aromatic heterocycles. The molecule has 0 heterocycles. The molecule has 0 saturated carbocycles. The zero-order valence-electron chi connectivity index (χ0n) is 8.20. The van der Waals surface area contributed by atoms with Crippen molar-refractivity contribution in [3.63, 3.8) is 0 Å². The van der Waals surface area contributed by atoms with Crippen LogP contribution in [0.15, 0.2) is 10.9 Å². The highest BCUT2D eigenvalue weighted by Crippen LogP contribution is 2.08. The molecule has 0 radical (unpaired) electrons. The van der Waals surface area contributed by atoms with Gasteiger partial charge in [-0.2, -0.15) is 0 Å². The van der Waals surface area contributed by atoms with Gasteiger partial charge in [0, 0.05) is 20.1 Å². The number of likely N-dealkylation sites (N-methyl/N-ethyl adjacent to an activating group) is 2. The molecule has 0 aliphatic heterocycles. The topological polar surface area (TPSA) is 23.6 Å². The van der Waals surface area contributed by atoms with Gasteiger partial charge in [0.1, 0.15) is 0 Å². The Kier molecular flexibility index (Phi) is 3.17. The maximum absolute atomic E-state index is 11.2. The van der Waals surface area contributed by atoms with E-state index < -0.39 is 0 Å². The molecule has 0 bridgehead atoms. The molecule has 0 N–H and O–H groups in total. The Balaban J connectivity index is 2.52. The number of hydrogen-bond acceptors (Lipinski definition) is 4. The molecule has 3 nitrogen and oxygen atoms in total. The molecule has 0 unspecified atom stereocenters. The molecule has 0 aliphatic rings. The summed E-state index contributed by atoms with van der Waals surface area (Å²) >= 11 is 4.78. The van der Waals surface area contributed by atoms with Crippen molar-refractivity contribution in [2.24, 2.45) is 0 Å². The van der Waals surface area contributed by atoms with Crippen LogP contribution in [0.3, 0.4) is 0 Å². The Bertz CT molecular complexity index is 352. The number of rotatable bonds is 4. The SMILES string of the molecule is CN(C)CCN(C)c1cc(=S)c1=O. The predicted molar refractivity (Wildman–Crippen MR) is 57.7 cm³/mol. The normalized spacial score (nSPS) is 11.1. The number of anilines is 1. The summed E-state index contributed by atoms with van der Waals surface area (Å²) in [5, 5.41) is 0. The molecule has 0 aliphatic carbocycles. The fourth-order valence-electron chi connectivity index (χ4n) is 1.06. The molecular weight excluding hydrogens is 184 g/mol. The van der Waals surface area contributed by atoms with Crippen molar-refractivity contribution >= 4 is 17.9 Å². The van der Waals surface area contributed by atoms with E-state index >= 15 is 0 Å². The number of hydrogen-bond donors (Lipinski definition) is 0. The van der Waals surface area contributed by atoms with Gasteiger partial charge < -0.3 is 9.80 Å². The summed E-state index contributed by atoms with van der Waals surface area (Å²) in [4.78, 5) is 15.2. The van der Waals surface area contributed by atoms with Crippen LogP contribution in [-0.4, -0.2) is 39.1 Å². The molecule has 1 aromatic rings. The largest absolute Gasteiger partial charge is 0.370 e. The van der Waals surface area contributed by atoms with Gasteiger partial charge in [-0.25, -0.2) is 0 Å². The van der Waals surface area contributed by atoms with E-state index in [2.05, 4.69) is 4.90 Å². The molecule has 0 fully saturated rings. The van der Waals surface area contributed by atoms with Crippen molar-refractivity contribution in [1.29, 1.82) is 0 Å². The average molecular weight is 198 g/mol. The first-order chi connectivity index (χ1) is 6.02. The van der Waals surface area contributed by atoms with Gasteiger partial charge in [0.15, 0.2) is 0 Å². The highest BCUT2D eigenvalue weighted by atomic mass is 32.1. The van der Waals surface area contributed by atoms with Gasteiger partial charge in [-0.05, 0) is 20.2 Å². The average Bonchev–Trinajstić information content (AvgIpc) is 2.09. The Morgan fingerprint density at radius 1 is 1.31 bits per heavy atom. The lowest BCUT2D eigenvalue weighted by molar-refractivity contribution is 0.416. The van der Waals surface area contributed by atoms with Crippen molar-refractivity contribution in [2.75, 3.05) is 39.1 Å². The van der Waals surface area contributed by atoms with Crippen LogP contribution in [0.5, 0.6) is 0 Å². The van der Waals surface area contributed by atoms with E-state index in [1.807, 2.05) is 26.0 Å².